The number of methoxy groups -OCH3 is 1. The second kappa shape index (κ2) is 16.6. The van der Waals surface area contributed by atoms with Crippen molar-refractivity contribution in [2.75, 3.05) is 38.4 Å². The molecular weight excluding hydrogens is 732 g/mol. The molecule has 1 N–H and O–H groups in total. The van der Waals surface area contributed by atoms with Crippen molar-refractivity contribution in [1.29, 1.82) is 0 Å². The maximum absolute atomic E-state index is 14.2. The number of para-hydroxylation sites is 2. The van der Waals surface area contributed by atoms with Gasteiger partial charge >= 0.3 is 5.97 Å². The van der Waals surface area contributed by atoms with Gasteiger partial charge in [-0.05, 0) is 51.3 Å². The summed E-state index contributed by atoms with van der Waals surface area (Å²) in [6.45, 7) is 7.68. The lowest BCUT2D eigenvalue weighted by molar-refractivity contribution is -0.455. The van der Waals surface area contributed by atoms with Crippen molar-refractivity contribution in [1.82, 2.24) is 0 Å². The Morgan fingerprint density at radius 2 is 1.56 bits per heavy atom. The van der Waals surface area contributed by atoms with Gasteiger partial charge < -0.3 is 24.6 Å². The van der Waals surface area contributed by atoms with Crippen LogP contribution in [-0.4, -0.2) is 70.5 Å². The fraction of sp³-hybridized carbons (Fsp3) is 0.372. The van der Waals surface area contributed by atoms with Crippen molar-refractivity contribution < 1.29 is 43.7 Å². The molecule has 298 valence electrons. The second-order valence-electron chi connectivity index (χ2n) is 15.2. The Kier molecular flexibility index (Phi) is 11.9. The summed E-state index contributed by atoms with van der Waals surface area (Å²) in [7, 11) is 1.60. The number of anilines is 1. The van der Waals surface area contributed by atoms with Crippen molar-refractivity contribution in [2.45, 2.75) is 70.3 Å². The summed E-state index contributed by atoms with van der Waals surface area (Å²) in [5.41, 5.74) is 3.22. The first-order valence-corrected chi connectivity index (χ1v) is 18.9. The quantitative estimate of drug-likeness (QED) is 0.0484. The molecule has 2 heterocycles. The van der Waals surface area contributed by atoms with Crippen molar-refractivity contribution in [3.63, 3.8) is 0 Å². The highest BCUT2D eigenvalue weighted by Gasteiger charge is 2.47. The molecule has 1 aliphatic carbocycles. The maximum Gasteiger partial charge on any atom is 0.303 e. The zero-order valence-corrected chi connectivity index (χ0v) is 32.5. The first-order valence-electron chi connectivity index (χ1n) is 18.9. The monoisotopic (exact) mass is 778 g/mol. The average molecular weight is 779 g/mol. The van der Waals surface area contributed by atoms with Gasteiger partial charge in [0.05, 0.1) is 41.1 Å². The Labute approximate surface area is 330 Å². The number of carboxylic acid groups (broad SMARTS) is 1. The molecule has 14 nitrogen and oxygen atoms in total. The molecule has 0 bridgehead atoms. The Hall–Kier alpha value is -5.99. The normalized spacial score (nSPS) is 19.6. The van der Waals surface area contributed by atoms with Gasteiger partial charge in [-0.15, -0.1) is 0 Å². The van der Waals surface area contributed by atoms with Crippen molar-refractivity contribution in [3.05, 3.63) is 138 Å². The van der Waals surface area contributed by atoms with Crippen LogP contribution in [0.15, 0.2) is 101 Å². The Bertz CT molecular complexity index is 2220. The van der Waals surface area contributed by atoms with Gasteiger partial charge in [0, 0.05) is 83.4 Å². The topological polar surface area (TPSA) is 188 Å². The van der Waals surface area contributed by atoms with E-state index in [1.807, 2.05) is 67.0 Å². The van der Waals surface area contributed by atoms with E-state index in [0.29, 0.717) is 56.9 Å². The Balaban J connectivity index is 1.42. The Morgan fingerprint density at radius 1 is 0.895 bits per heavy atom. The molecule has 6 rings (SSSR count). The van der Waals surface area contributed by atoms with Crippen LogP contribution in [0.2, 0.25) is 0 Å². The highest BCUT2D eigenvalue weighted by molar-refractivity contribution is 6.24. The molecule has 2 aliphatic heterocycles. The number of nitro groups is 2. The molecule has 1 atom stereocenters. The number of hydrogen-bond donors (Lipinski definition) is 1. The number of carbonyl (C=O) groups excluding carboxylic acids is 1. The van der Waals surface area contributed by atoms with Crippen LogP contribution in [0.1, 0.15) is 69.6 Å². The SMILES string of the molecule is COCCOCCN1C(=CC2=C([O-])C(=CC3=[N+](Cc4cc([N+](=O)[O-])cc([N+](=O)[O-])c4)c4ccccc4C3(C)C)C2=O)C(C)(CCCCCC(=O)O)c2ccccc21. The van der Waals surface area contributed by atoms with Gasteiger partial charge in [0.1, 0.15) is 0 Å². The molecule has 3 aromatic rings. The number of aliphatic carboxylic acids is 1. The number of carboxylic acids is 1. The number of unbranched alkanes of at least 4 members (excludes halogenated alkanes) is 2. The fourth-order valence-corrected chi connectivity index (χ4v) is 8.20. The van der Waals surface area contributed by atoms with Gasteiger partial charge in [-0.25, -0.2) is 0 Å². The minimum atomic E-state index is -0.839. The number of rotatable bonds is 18. The third-order valence-corrected chi connectivity index (χ3v) is 11.2. The number of Topliss-reactive ketones (excluding diaryl/α,β-unsaturated/α-hetero) is 1. The van der Waals surface area contributed by atoms with Gasteiger partial charge in [-0.1, -0.05) is 55.0 Å². The van der Waals surface area contributed by atoms with E-state index in [1.54, 1.807) is 19.3 Å². The lowest BCUT2D eigenvalue weighted by atomic mass is 9.75. The van der Waals surface area contributed by atoms with E-state index >= 15 is 0 Å². The Morgan fingerprint density at radius 3 is 2.21 bits per heavy atom. The molecule has 57 heavy (non-hydrogen) atoms. The third-order valence-electron chi connectivity index (χ3n) is 11.2. The van der Waals surface area contributed by atoms with E-state index < -0.39 is 49.6 Å². The first-order chi connectivity index (χ1) is 27.2. The number of ether oxygens (including phenoxy) is 2. The van der Waals surface area contributed by atoms with Gasteiger partial charge in [-0.3, -0.25) is 29.8 Å². The van der Waals surface area contributed by atoms with E-state index in [9.17, 15) is 34.9 Å². The van der Waals surface area contributed by atoms with E-state index in [-0.39, 0.29) is 24.1 Å². The lowest BCUT2D eigenvalue weighted by Crippen LogP contribution is -2.36. The number of allylic oxidation sites excluding steroid dienone is 5. The van der Waals surface area contributed by atoms with Crippen LogP contribution in [-0.2, 0) is 36.4 Å². The van der Waals surface area contributed by atoms with Crippen LogP contribution >= 0.6 is 0 Å². The summed E-state index contributed by atoms with van der Waals surface area (Å²) in [6, 6.07) is 19.0. The summed E-state index contributed by atoms with van der Waals surface area (Å²) in [6.07, 6.45) is 6.01. The molecule has 0 radical (unpaired) electrons. The molecule has 0 spiro atoms. The number of nitrogens with zero attached hydrogens (tertiary/aromatic N) is 4. The zero-order chi connectivity index (χ0) is 41.1. The molecule has 0 aromatic heterocycles. The number of ketones is 1. The summed E-state index contributed by atoms with van der Waals surface area (Å²) in [4.78, 5) is 49.5. The predicted octanol–water partition coefficient (Wildman–Crippen LogP) is 6.56. The summed E-state index contributed by atoms with van der Waals surface area (Å²) in [5, 5.41) is 46.7. The molecule has 1 unspecified atom stereocenters. The van der Waals surface area contributed by atoms with Crippen molar-refractivity contribution in [2.24, 2.45) is 0 Å². The second-order valence-corrected chi connectivity index (χ2v) is 15.2. The third kappa shape index (κ3) is 8.00. The molecule has 0 saturated heterocycles. The standard InChI is InChI=1S/C43H46N4O10/c1-42(2)33-12-7-9-14-35(33)45(27-28-22-29(46(52)53)24-30(23-28)47(54)55)37(42)25-31-40(50)32(41(31)51)26-38-43(3,17-11-5-6-16-39(48)49)34-13-8-10-15-36(34)44(38)18-19-57-21-20-56-4/h7-10,12-15,22-26H,5-6,11,16-21,27H2,1-4H3,(H-,48,49,50,51). The van der Waals surface area contributed by atoms with Crippen LogP contribution in [0.5, 0.6) is 0 Å². The average Bonchev–Trinajstić information content (AvgIpc) is 3.54. The number of non-ortho nitro benzene ring substituents is 2. The lowest BCUT2D eigenvalue weighted by Gasteiger charge is -2.34. The largest absolute Gasteiger partial charge is 0.871 e. The van der Waals surface area contributed by atoms with Crippen LogP contribution in [0, 0.1) is 20.2 Å². The first kappa shape index (κ1) is 40.7. The highest BCUT2D eigenvalue weighted by atomic mass is 16.6. The van der Waals surface area contributed by atoms with Crippen molar-refractivity contribution >= 4 is 40.2 Å². The zero-order valence-electron chi connectivity index (χ0n) is 32.5. The van der Waals surface area contributed by atoms with Gasteiger partial charge in [0.25, 0.3) is 11.4 Å². The number of nitro benzene ring substituents is 2. The van der Waals surface area contributed by atoms with Crippen LogP contribution in [0.4, 0.5) is 22.7 Å². The predicted molar refractivity (Wildman–Crippen MR) is 211 cm³/mol. The van der Waals surface area contributed by atoms with Gasteiger partial charge in [0.2, 0.25) is 5.69 Å². The summed E-state index contributed by atoms with van der Waals surface area (Å²) in [5.74, 6) is -1.68. The van der Waals surface area contributed by atoms with E-state index in [2.05, 4.69) is 11.8 Å². The maximum atomic E-state index is 14.2. The van der Waals surface area contributed by atoms with Crippen LogP contribution in [0.3, 0.4) is 0 Å². The highest BCUT2D eigenvalue weighted by Crippen LogP contribution is 2.52. The van der Waals surface area contributed by atoms with Gasteiger partial charge in [0.15, 0.2) is 18.0 Å². The molecular formula is C43H46N4O10. The van der Waals surface area contributed by atoms with E-state index in [1.165, 1.54) is 12.1 Å². The minimum absolute atomic E-state index is 0.00640. The van der Waals surface area contributed by atoms with E-state index in [0.717, 1.165) is 40.7 Å². The minimum Gasteiger partial charge on any atom is -0.871 e. The van der Waals surface area contributed by atoms with Crippen molar-refractivity contribution in [3.8, 4) is 0 Å². The fourth-order valence-electron chi connectivity index (χ4n) is 8.20. The number of hydrogen-bond acceptors (Lipinski definition) is 10. The van der Waals surface area contributed by atoms with Crippen LogP contribution in [0.25, 0.3) is 0 Å². The molecule has 3 aliphatic rings. The van der Waals surface area contributed by atoms with Gasteiger partial charge in [-0.2, -0.15) is 4.58 Å². The molecule has 0 saturated carbocycles. The number of carbonyl (C=O) groups is 2. The number of benzene rings is 3. The molecule has 3 aromatic carbocycles. The summed E-state index contributed by atoms with van der Waals surface area (Å²) >= 11 is 0. The molecule has 0 amide bonds. The van der Waals surface area contributed by atoms with E-state index in [4.69, 9.17) is 14.6 Å². The summed E-state index contributed by atoms with van der Waals surface area (Å²) < 4.78 is 12.8. The molecule has 14 heteroatoms. The van der Waals surface area contributed by atoms with Crippen LogP contribution < -0.4 is 10.0 Å². The smallest absolute Gasteiger partial charge is 0.303 e. The number of fused-ring (bicyclic) bond motifs is 2. The molecule has 0 fully saturated rings.